The minimum absolute atomic E-state index is 0.0252. The molecule has 3 rings (SSSR count). The molecular weight excluding hydrogens is 364 g/mol. The topological polar surface area (TPSA) is 88.4 Å². The molecule has 140 valence electrons. The zero-order valence-electron chi connectivity index (χ0n) is 14.8. The Kier molecular flexibility index (Phi) is 5.73. The van der Waals surface area contributed by atoms with Crippen LogP contribution in [0.1, 0.15) is 27.2 Å². The van der Waals surface area contributed by atoms with Crippen LogP contribution in [0.4, 0.5) is 0 Å². The van der Waals surface area contributed by atoms with Crippen LogP contribution >= 0.6 is 0 Å². The minimum Gasteiger partial charge on any atom is -0.468 e. The fourth-order valence-electron chi connectivity index (χ4n) is 2.57. The summed E-state index contributed by atoms with van der Waals surface area (Å²) in [5.41, 5.74) is 2.37. The Morgan fingerprint density at radius 2 is 1.81 bits per heavy atom. The highest BCUT2D eigenvalue weighted by Crippen LogP contribution is 2.13. The van der Waals surface area contributed by atoms with Crippen LogP contribution < -0.4 is 10.0 Å². The molecule has 0 bridgehead atoms. The van der Waals surface area contributed by atoms with Gasteiger partial charge in [-0.1, -0.05) is 35.9 Å². The highest BCUT2D eigenvalue weighted by atomic mass is 32.2. The number of hydrogen-bond donors (Lipinski definition) is 2. The number of sulfonamides is 1. The van der Waals surface area contributed by atoms with E-state index in [1.54, 1.807) is 24.3 Å². The average Bonchev–Trinajstić information content (AvgIpc) is 3.18. The minimum atomic E-state index is -3.76. The van der Waals surface area contributed by atoms with E-state index >= 15 is 0 Å². The normalized spacial score (nSPS) is 11.3. The summed E-state index contributed by atoms with van der Waals surface area (Å²) in [6.45, 7) is 2.39. The highest BCUT2D eigenvalue weighted by Gasteiger charge is 2.16. The molecule has 0 saturated heterocycles. The van der Waals surface area contributed by atoms with Gasteiger partial charge < -0.3 is 9.73 Å². The van der Waals surface area contributed by atoms with Crippen molar-refractivity contribution in [2.75, 3.05) is 0 Å². The van der Waals surface area contributed by atoms with Crippen molar-refractivity contribution in [2.24, 2.45) is 0 Å². The quantitative estimate of drug-likeness (QED) is 0.655. The first kappa shape index (κ1) is 18.9. The van der Waals surface area contributed by atoms with Crippen molar-refractivity contribution in [3.05, 3.63) is 89.4 Å². The van der Waals surface area contributed by atoms with E-state index in [1.807, 2.05) is 31.2 Å². The lowest BCUT2D eigenvalue weighted by Crippen LogP contribution is -2.25. The van der Waals surface area contributed by atoms with Crippen LogP contribution in [0.2, 0.25) is 0 Å². The van der Waals surface area contributed by atoms with Crippen LogP contribution in [-0.4, -0.2) is 14.3 Å². The van der Waals surface area contributed by atoms with E-state index in [2.05, 4.69) is 10.0 Å². The van der Waals surface area contributed by atoms with Gasteiger partial charge in [0.1, 0.15) is 5.76 Å². The monoisotopic (exact) mass is 384 g/mol. The number of benzene rings is 2. The van der Waals surface area contributed by atoms with Gasteiger partial charge in [-0.25, -0.2) is 13.1 Å². The Balaban J connectivity index is 1.67. The van der Waals surface area contributed by atoms with E-state index in [4.69, 9.17) is 4.42 Å². The van der Waals surface area contributed by atoms with Crippen LogP contribution in [0.3, 0.4) is 0 Å². The van der Waals surface area contributed by atoms with Gasteiger partial charge in [0.05, 0.1) is 17.7 Å². The van der Waals surface area contributed by atoms with Gasteiger partial charge in [-0.05, 0) is 42.8 Å². The molecule has 0 saturated carbocycles. The van der Waals surface area contributed by atoms with Gasteiger partial charge in [0.25, 0.3) is 5.91 Å². The molecule has 0 unspecified atom stereocenters. The zero-order valence-corrected chi connectivity index (χ0v) is 15.6. The van der Waals surface area contributed by atoms with Crippen LogP contribution in [0.15, 0.2) is 76.2 Å². The average molecular weight is 384 g/mol. The summed E-state index contributed by atoms with van der Waals surface area (Å²) in [6.07, 6.45) is 1.48. The molecule has 2 aromatic carbocycles. The van der Waals surface area contributed by atoms with Gasteiger partial charge in [0.2, 0.25) is 10.0 Å². The van der Waals surface area contributed by atoms with Gasteiger partial charge in [-0.2, -0.15) is 0 Å². The third-order valence-corrected chi connectivity index (χ3v) is 5.36. The number of hydrogen-bond acceptors (Lipinski definition) is 4. The molecule has 0 fully saturated rings. The smallest absolute Gasteiger partial charge is 0.251 e. The maximum Gasteiger partial charge on any atom is 0.251 e. The number of aryl methyl sites for hydroxylation is 1. The van der Waals surface area contributed by atoms with E-state index in [-0.39, 0.29) is 22.9 Å². The molecule has 1 aromatic heterocycles. The summed E-state index contributed by atoms with van der Waals surface area (Å²) in [5.74, 6) is 0.171. The van der Waals surface area contributed by atoms with Crippen LogP contribution in [0.25, 0.3) is 0 Å². The van der Waals surface area contributed by atoms with Crippen molar-refractivity contribution >= 4 is 15.9 Å². The van der Waals surface area contributed by atoms with Crippen molar-refractivity contribution in [1.29, 1.82) is 0 Å². The number of nitrogens with one attached hydrogen (secondary N) is 2. The second kappa shape index (κ2) is 8.20. The summed E-state index contributed by atoms with van der Waals surface area (Å²) < 4.78 is 32.4. The first-order valence-electron chi connectivity index (χ1n) is 8.40. The Labute approximate surface area is 158 Å². The van der Waals surface area contributed by atoms with E-state index < -0.39 is 10.0 Å². The number of carbonyl (C=O) groups excluding carboxylic acids is 1. The largest absolute Gasteiger partial charge is 0.468 e. The fraction of sp³-hybridized carbons (Fsp3) is 0.150. The van der Waals surface area contributed by atoms with Crippen LogP contribution in [0, 0.1) is 6.92 Å². The highest BCUT2D eigenvalue weighted by molar-refractivity contribution is 7.89. The molecule has 0 atom stereocenters. The van der Waals surface area contributed by atoms with E-state index in [1.165, 1.54) is 18.4 Å². The number of carbonyl (C=O) groups is 1. The van der Waals surface area contributed by atoms with E-state index in [9.17, 15) is 13.2 Å². The SMILES string of the molecule is Cc1cccc(CNC(=O)c2cccc(S(=O)(=O)NCc3ccco3)c2)c1. The Morgan fingerprint density at radius 3 is 2.56 bits per heavy atom. The molecule has 2 N–H and O–H groups in total. The van der Waals surface area contributed by atoms with Gasteiger partial charge >= 0.3 is 0 Å². The molecule has 1 amide bonds. The maximum absolute atomic E-state index is 12.4. The van der Waals surface area contributed by atoms with Crippen molar-refractivity contribution in [2.45, 2.75) is 24.9 Å². The first-order chi connectivity index (χ1) is 12.9. The number of furan rings is 1. The molecular formula is C20H20N2O4S. The summed E-state index contributed by atoms with van der Waals surface area (Å²) in [7, 11) is -3.76. The van der Waals surface area contributed by atoms with E-state index in [0.29, 0.717) is 12.3 Å². The molecule has 0 aliphatic carbocycles. The molecule has 3 aromatic rings. The van der Waals surface area contributed by atoms with Crippen LogP contribution in [-0.2, 0) is 23.1 Å². The molecule has 6 nitrogen and oxygen atoms in total. The second-order valence-corrected chi connectivity index (χ2v) is 7.87. The predicted molar refractivity (Wildman–Crippen MR) is 102 cm³/mol. The lowest BCUT2D eigenvalue weighted by molar-refractivity contribution is 0.0950. The summed E-state index contributed by atoms with van der Waals surface area (Å²) in [5, 5.41) is 2.81. The Bertz CT molecular complexity index is 1030. The van der Waals surface area contributed by atoms with E-state index in [0.717, 1.165) is 11.1 Å². The molecule has 0 spiro atoms. The summed E-state index contributed by atoms with van der Waals surface area (Å²) in [6, 6.07) is 17.1. The van der Waals surface area contributed by atoms with Crippen LogP contribution in [0.5, 0.6) is 0 Å². The molecule has 0 radical (unpaired) electrons. The lowest BCUT2D eigenvalue weighted by Gasteiger charge is -2.09. The van der Waals surface area contributed by atoms with Gasteiger partial charge in [-0.3, -0.25) is 4.79 Å². The molecule has 1 heterocycles. The van der Waals surface area contributed by atoms with Crippen molar-refractivity contribution in [3.8, 4) is 0 Å². The standard InChI is InChI=1S/C20H20N2O4S/c1-15-5-2-6-16(11-15)13-21-20(23)17-7-3-9-19(12-17)27(24,25)22-14-18-8-4-10-26-18/h2-12,22H,13-14H2,1H3,(H,21,23). The third kappa shape index (κ3) is 5.06. The molecule has 0 aliphatic heterocycles. The van der Waals surface area contributed by atoms with Gasteiger partial charge in [-0.15, -0.1) is 0 Å². The van der Waals surface area contributed by atoms with Crippen molar-refractivity contribution in [3.63, 3.8) is 0 Å². The predicted octanol–water partition coefficient (Wildman–Crippen LogP) is 3.00. The molecule has 0 aliphatic rings. The summed E-state index contributed by atoms with van der Waals surface area (Å²) >= 11 is 0. The Hall–Kier alpha value is -2.90. The van der Waals surface area contributed by atoms with Crippen molar-refractivity contribution < 1.29 is 17.6 Å². The second-order valence-electron chi connectivity index (χ2n) is 6.10. The number of rotatable bonds is 7. The number of amides is 1. The molecule has 7 heteroatoms. The van der Waals surface area contributed by atoms with Gasteiger partial charge in [0.15, 0.2) is 0 Å². The van der Waals surface area contributed by atoms with Gasteiger partial charge in [0, 0.05) is 12.1 Å². The lowest BCUT2D eigenvalue weighted by atomic mass is 10.1. The first-order valence-corrected chi connectivity index (χ1v) is 9.88. The van der Waals surface area contributed by atoms with Crippen molar-refractivity contribution in [1.82, 2.24) is 10.0 Å². The Morgan fingerprint density at radius 1 is 1.00 bits per heavy atom. The summed E-state index contributed by atoms with van der Waals surface area (Å²) in [4.78, 5) is 12.4. The maximum atomic E-state index is 12.4. The zero-order chi connectivity index (χ0) is 19.3. The molecule has 27 heavy (non-hydrogen) atoms. The third-order valence-electron chi connectivity index (χ3n) is 3.96. The fourth-order valence-corrected chi connectivity index (χ4v) is 3.61.